The Hall–Kier alpha value is -1.38. The van der Waals surface area contributed by atoms with Crippen molar-refractivity contribution in [3.8, 4) is 5.75 Å². The van der Waals surface area contributed by atoms with E-state index >= 15 is 0 Å². The molecule has 0 saturated heterocycles. The summed E-state index contributed by atoms with van der Waals surface area (Å²) < 4.78 is 5.50. The number of Topliss-reactive ketones (excluding diaryl/α,β-unsaturated/α-hetero) is 1. The Morgan fingerprint density at radius 3 is 2.62 bits per heavy atom. The molecule has 88 valence electrons. The third-order valence-electron chi connectivity index (χ3n) is 2.43. The maximum absolute atomic E-state index is 11.9. The monoisotopic (exact) mass is 221 g/mol. The van der Waals surface area contributed by atoms with Gasteiger partial charge in [-0.25, -0.2) is 0 Å². The van der Waals surface area contributed by atoms with Crippen molar-refractivity contribution in [2.24, 2.45) is 5.92 Å². The molecule has 0 aliphatic heterocycles. The van der Waals surface area contributed by atoms with Gasteiger partial charge in [-0.1, -0.05) is 13.8 Å². The molecule has 1 unspecified atom stereocenters. The van der Waals surface area contributed by atoms with E-state index in [1.165, 1.54) is 0 Å². The zero-order valence-corrected chi connectivity index (χ0v) is 10.4. The van der Waals surface area contributed by atoms with Crippen molar-refractivity contribution >= 4 is 5.78 Å². The van der Waals surface area contributed by atoms with Crippen LogP contribution in [-0.4, -0.2) is 16.9 Å². The summed E-state index contributed by atoms with van der Waals surface area (Å²) in [6, 6.07) is 1.77. The molecule has 1 heterocycles. The summed E-state index contributed by atoms with van der Waals surface area (Å²) >= 11 is 0. The molecule has 0 saturated carbocycles. The smallest absolute Gasteiger partial charge is 0.167 e. The SMILES string of the molecule is CCC(C)C(=O)c1cncc(OC(C)C)c1. The van der Waals surface area contributed by atoms with Crippen LogP contribution in [0.15, 0.2) is 18.5 Å². The predicted octanol–water partition coefficient (Wildman–Crippen LogP) is 3.10. The van der Waals surface area contributed by atoms with Crippen LogP contribution in [0.5, 0.6) is 5.75 Å². The number of hydrogen-bond donors (Lipinski definition) is 0. The van der Waals surface area contributed by atoms with Gasteiger partial charge in [0.05, 0.1) is 12.3 Å². The Morgan fingerprint density at radius 2 is 2.06 bits per heavy atom. The number of pyridine rings is 1. The number of carbonyl (C=O) groups is 1. The Morgan fingerprint density at radius 1 is 1.38 bits per heavy atom. The zero-order chi connectivity index (χ0) is 12.1. The fraction of sp³-hybridized carbons (Fsp3) is 0.538. The average molecular weight is 221 g/mol. The Bertz CT molecular complexity index is 361. The maximum atomic E-state index is 11.9. The lowest BCUT2D eigenvalue weighted by Gasteiger charge is -2.11. The molecule has 0 N–H and O–H groups in total. The highest BCUT2D eigenvalue weighted by Crippen LogP contribution is 2.17. The highest BCUT2D eigenvalue weighted by molar-refractivity contribution is 5.97. The standard InChI is InChI=1S/C13H19NO2/c1-5-10(4)13(15)11-6-12(8-14-7-11)16-9(2)3/h6-10H,5H2,1-4H3. The van der Waals surface area contributed by atoms with E-state index in [4.69, 9.17) is 4.74 Å². The first-order valence-corrected chi connectivity index (χ1v) is 5.70. The molecule has 0 aliphatic rings. The summed E-state index contributed by atoms with van der Waals surface area (Å²) in [6.45, 7) is 7.83. The van der Waals surface area contributed by atoms with E-state index in [-0.39, 0.29) is 17.8 Å². The number of rotatable bonds is 5. The van der Waals surface area contributed by atoms with E-state index in [0.717, 1.165) is 6.42 Å². The van der Waals surface area contributed by atoms with Gasteiger partial charge in [-0.3, -0.25) is 9.78 Å². The van der Waals surface area contributed by atoms with E-state index in [1.54, 1.807) is 18.5 Å². The number of nitrogens with zero attached hydrogens (tertiary/aromatic N) is 1. The second-order valence-corrected chi connectivity index (χ2v) is 4.25. The fourth-order valence-corrected chi connectivity index (χ4v) is 1.36. The number of ether oxygens (including phenoxy) is 1. The van der Waals surface area contributed by atoms with Crippen LogP contribution < -0.4 is 4.74 Å². The Kier molecular flexibility index (Phi) is 4.47. The molecular formula is C13H19NO2. The van der Waals surface area contributed by atoms with Crippen LogP contribution in [0.2, 0.25) is 0 Å². The summed E-state index contributed by atoms with van der Waals surface area (Å²) in [5.41, 5.74) is 0.632. The minimum absolute atomic E-state index is 0.0381. The van der Waals surface area contributed by atoms with E-state index < -0.39 is 0 Å². The minimum atomic E-state index is 0.0381. The van der Waals surface area contributed by atoms with Crippen LogP contribution in [0.25, 0.3) is 0 Å². The first-order chi connectivity index (χ1) is 7.54. The van der Waals surface area contributed by atoms with Gasteiger partial charge in [0.25, 0.3) is 0 Å². The minimum Gasteiger partial charge on any atom is -0.489 e. The topological polar surface area (TPSA) is 39.2 Å². The molecule has 1 aromatic rings. The van der Waals surface area contributed by atoms with Crippen molar-refractivity contribution in [1.82, 2.24) is 4.98 Å². The molecule has 0 aromatic carbocycles. The van der Waals surface area contributed by atoms with E-state index in [0.29, 0.717) is 11.3 Å². The number of ketones is 1. The van der Waals surface area contributed by atoms with Crippen molar-refractivity contribution in [2.75, 3.05) is 0 Å². The van der Waals surface area contributed by atoms with E-state index in [1.807, 2.05) is 27.7 Å². The van der Waals surface area contributed by atoms with Crippen LogP contribution in [-0.2, 0) is 0 Å². The van der Waals surface area contributed by atoms with E-state index in [9.17, 15) is 4.79 Å². The molecule has 0 fully saturated rings. The predicted molar refractivity (Wildman–Crippen MR) is 63.8 cm³/mol. The van der Waals surface area contributed by atoms with Gasteiger partial charge in [0.2, 0.25) is 0 Å². The summed E-state index contributed by atoms with van der Waals surface area (Å²) in [7, 11) is 0. The average Bonchev–Trinajstić information content (AvgIpc) is 2.26. The van der Waals surface area contributed by atoms with Crippen molar-refractivity contribution < 1.29 is 9.53 Å². The molecular weight excluding hydrogens is 202 g/mol. The molecule has 3 heteroatoms. The third-order valence-corrected chi connectivity index (χ3v) is 2.43. The zero-order valence-electron chi connectivity index (χ0n) is 10.4. The lowest BCUT2D eigenvalue weighted by atomic mass is 9.98. The molecule has 0 bridgehead atoms. The lowest BCUT2D eigenvalue weighted by Crippen LogP contribution is -2.12. The van der Waals surface area contributed by atoms with Crippen molar-refractivity contribution in [1.29, 1.82) is 0 Å². The molecule has 1 atom stereocenters. The highest BCUT2D eigenvalue weighted by Gasteiger charge is 2.14. The lowest BCUT2D eigenvalue weighted by molar-refractivity contribution is 0.0926. The van der Waals surface area contributed by atoms with Crippen molar-refractivity contribution in [3.63, 3.8) is 0 Å². The summed E-state index contributed by atoms with van der Waals surface area (Å²) in [5, 5.41) is 0. The van der Waals surface area contributed by atoms with Gasteiger partial charge < -0.3 is 4.74 Å². The van der Waals surface area contributed by atoms with Gasteiger partial charge in [-0.05, 0) is 26.3 Å². The Labute approximate surface area is 96.8 Å². The molecule has 16 heavy (non-hydrogen) atoms. The third kappa shape index (κ3) is 3.33. The van der Waals surface area contributed by atoms with Gasteiger partial charge in [0, 0.05) is 17.7 Å². The number of aromatic nitrogens is 1. The fourth-order valence-electron chi connectivity index (χ4n) is 1.36. The molecule has 1 aromatic heterocycles. The second-order valence-electron chi connectivity index (χ2n) is 4.25. The highest BCUT2D eigenvalue weighted by atomic mass is 16.5. The van der Waals surface area contributed by atoms with Gasteiger partial charge in [-0.15, -0.1) is 0 Å². The normalized spacial score (nSPS) is 12.6. The number of hydrogen-bond acceptors (Lipinski definition) is 3. The summed E-state index contributed by atoms with van der Waals surface area (Å²) in [4.78, 5) is 15.9. The number of carbonyl (C=O) groups excluding carboxylic acids is 1. The maximum Gasteiger partial charge on any atom is 0.167 e. The molecule has 0 amide bonds. The molecule has 3 nitrogen and oxygen atoms in total. The van der Waals surface area contributed by atoms with Gasteiger partial charge in [-0.2, -0.15) is 0 Å². The first kappa shape index (κ1) is 12.7. The molecule has 0 aliphatic carbocycles. The van der Waals surface area contributed by atoms with E-state index in [2.05, 4.69) is 4.98 Å². The van der Waals surface area contributed by atoms with Crippen molar-refractivity contribution in [2.45, 2.75) is 40.2 Å². The summed E-state index contributed by atoms with van der Waals surface area (Å²) in [6.07, 6.45) is 4.17. The molecule has 1 rings (SSSR count). The molecule has 0 radical (unpaired) electrons. The van der Waals surface area contributed by atoms with Crippen LogP contribution in [0.4, 0.5) is 0 Å². The van der Waals surface area contributed by atoms with Crippen LogP contribution in [0.1, 0.15) is 44.5 Å². The van der Waals surface area contributed by atoms with Gasteiger partial charge in [0.15, 0.2) is 5.78 Å². The summed E-state index contributed by atoms with van der Waals surface area (Å²) in [5.74, 6) is 0.824. The van der Waals surface area contributed by atoms with Crippen LogP contribution in [0.3, 0.4) is 0 Å². The largest absolute Gasteiger partial charge is 0.489 e. The van der Waals surface area contributed by atoms with Crippen LogP contribution in [0, 0.1) is 5.92 Å². The van der Waals surface area contributed by atoms with Crippen molar-refractivity contribution in [3.05, 3.63) is 24.0 Å². The second kappa shape index (κ2) is 5.64. The van der Waals surface area contributed by atoms with Crippen LogP contribution >= 0.6 is 0 Å². The Balaban J connectivity index is 2.85. The van der Waals surface area contributed by atoms with Gasteiger partial charge >= 0.3 is 0 Å². The first-order valence-electron chi connectivity index (χ1n) is 5.70. The molecule has 0 spiro atoms. The quantitative estimate of drug-likeness (QED) is 0.717. The van der Waals surface area contributed by atoms with Gasteiger partial charge in [0.1, 0.15) is 5.75 Å².